The normalized spacial score (nSPS) is 15.4. The fourth-order valence-corrected chi connectivity index (χ4v) is 4.96. The number of aryl methyl sites for hydroxylation is 1. The summed E-state index contributed by atoms with van der Waals surface area (Å²) < 4.78 is 16.9. The van der Waals surface area contributed by atoms with Crippen molar-refractivity contribution in [3.8, 4) is 11.5 Å². The number of carbonyl (C=O) groups excluding carboxylic acids is 4. The van der Waals surface area contributed by atoms with E-state index in [1.165, 1.54) is 4.90 Å². The average molecular weight is 608 g/mol. The van der Waals surface area contributed by atoms with E-state index in [-0.39, 0.29) is 6.54 Å². The van der Waals surface area contributed by atoms with Gasteiger partial charge in [-0.15, -0.1) is 0 Å². The summed E-state index contributed by atoms with van der Waals surface area (Å²) in [6.45, 7) is 5.24. The minimum Gasteiger partial charge on any atom is -0.493 e. The number of azide groups is 1. The van der Waals surface area contributed by atoms with Crippen LogP contribution in [0, 0.1) is 5.41 Å². The second-order valence-corrected chi connectivity index (χ2v) is 11.3. The number of amides is 2. The molecule has 0 aromatic heterocycles. The van der Waals surface area contributed by atoms with Gasteiger partial charge in [-0.1, -0.05) is 44.1 Å². The van der Waals surface area contributed by atoms with E-state index in [2.05, 4.69) is 15.3 Å². The highest BCUT2D eigenvalue weighted by Gasteiger charge is 2.41. The minimum absolute atomic E-state index is 0.299. The molecule has 0 bridgehead atoms. The number of nitrogens with zero attached hydrogens (tertiary/aromatic N) is 4. The molecule has 0 spiro atoms. The first-order valence-corrected chi connectivity index (χ1v) is 14.7. The first-order chi connectivity index (χ1) is 21.0. The number of benzene rings is 2. The molecule has 1 saturated heterocycles. The third kappa shape index (κ3) is 8.73. The van der Waals surface area contributed by atoms with Gasteiger partial charge >= 0.3 is 5.97 Å². The number of likely N-dealkylation sites (tertiary alicyclic amines) is 1. The van der Waals surface area contributed by atoms with Gasteiger partial charge in [0.2, 0.25) is 11.7 Å². The summed E-state index contributed by atoms with van der Waals surface area (Å²) >= 11 is 0. The number of nitrogens with one attached hydrogen (secondary N) is 1. The standard InChI is InChI=1S/C32H41N5O7/c1-6-32(2,3)29(39)30(40)37-17-8-7-12-24(37)31(41)44-25(15-13-21-14-16-26(42-4)27(18-21)43-5)22-10-9-11-23(19-22)35-28(38)20-34-36-33/h9-11,14,16,18-19,24-25H,6-8,12-13,15,17,20H2,1-5H3,(H,35,38)/t24-,25+/m0/s1. The van der Waals surface area contributed by atoms with Gasteiger partial charge in [0.25, 0.3) is 5.91 Å². The van der Waals surface area contributed by atoms with E-state index >= 15 is 0 Å². The molecular weight excluding hydrogens is 566 g/mol. The lowest BCUT2D eigenvalue weighted by molar-refractivity contribution is -0.164. The Morgan fingerprint density at radius 1 is 1.09 bits per heavy atom. The Labute approximate surface area is 257 Å². The third-order valence-corrected chi connectivity index (χ3v) is 7.95. The smallest absolute Gasteiger partial charge is 0.329 e. The van der Waals surface area contributed by atoms with Gasteiger partial charge in [-0.25, -0.2) is 4.79 Å². The van der Waals surface area contributed by atoms with E-state index in [1.807, 2.05) is 19.1 Å². The summed E-state index contributed by atoms with van der Waals surface area (Å²) in [7, 11) is 3.11. The van der Waals surface area contributed by atoms with Crippen LogP contribution in [0.5, 0.6) is 11.5 Å². The van der Waals surface area contributed by atoms with Crippen LogP contribution >= 0.6 is 0 Å². The maximum Gasteiger partial charge on any atom is 0.329 e. The summed E-state index contributed by atoms with van der Waals surface area (Å²) in [6, 6.07) is 11.5. The molecule has 0 unspecified atom stereocenters. The van der Waals surface area contributed by atoms with Crippen LogP contribution in [0.4, 0.5) is 5.69 Å². The highest BCUT2D eigenvalue weighted by molar-refractivity contribution is 6.38. The van der Waals surface area contributed by atoms with Crippen LogP contribution in [-0.4, -0.2) is 61.8 Å². The predicted octanol–water partition coefficient (Wildman–Crippen LogP) is 5.56. The molecule has 0 saturated carbocycles. The Kier molecular flexibility index (Phi) is 12.2. The highest BCUT2D eigenvalue weighted by atomic mass is 16.5. The molecule has 236 valence electrons. The van der Waals surface area contributed by atoms with Crippen molar-refractivity contribution < 1.29 is 33.4 Å². The van der Waals surface area contributed by atoms with Gasteiger partial charge in [0.1, 0.15) is 18.7 Å². The molecule has 1 fully saturated rings. The molecule has 12 heteroatoms. The van der Waals surface area contributed by atoms with Crippen LogP contribution in [0.2, 0.25) is 0 Å². The molecule has 1 aliphatic rings. The van der Waals surface area contributed by atoms with E-state index in [0.717, 1.165) is 12.0 Å². The monoisotopic (exact) mass is 607 g/mol. The second-order valence-electron chi connectivity index (χ2n) is 11.3. The molecule has 2 atom stereocenters. The molecular formula is C32H41N5O7. The Hall–Kier alpha value is -4.57. The predicted molar refractivity (Wildman–Crippen MR) is 164 cm³/mol. The molecule has 44 heavy (non-hydrogen) atoms. The van der Waals surface area contributed by atoms with Gasteiger partial charge in [-0.05, 0) is 79.4 Å². The van der Waals surface area contributed by atoms with E-state index in [4.69, 9.17) is 19.7 Å². The number of rotatable bonds is 14. The third-order valence-electron chi connectivity index (χ3n) is 7.95. The number of Topliss-reactive ketones (excluding diaryl/α,β-unsaturated/α-hetero) is 1. The van der Waals surface area contributed by atoms with Gasteiger partial charge in [0.05, 0.1) is 14.2 Å². The maximum atomic E-state index is 13.7. The minimum atomic E-state index is -0.886. The summed E-state index contributed by atoms with van der Waals surface area (Å²) in [5.41, 5.74) is 9.66. The lowest BCUT2D eigenvalue weighted by atomic mass is 9.84. The zero-order valence-electron chi connectivity index (χ0n) is 26.0. The number of hydrogen-bond donors (Lipinski definition) is 1. The number of ketones is 1. The number of hydrogen-bond acceptors (Lipinski definition) is 8. The van der Waals surface area contributed by atoms with Crippen molar-refractivity contribution in [2.24, 2.45) is 10.5 Å². The second kappa shape index (κ2) is 15.8. The molecule has 2 aromatic rings. The largest absolute Gasteiger partial charge is 0.493 e. The molecule has 2 amide bonds. The average Bonchev–Trinajstić information content (AvgIpc) is 3.04. The Bertz CT molecular complexity index is 1400. The van der Waals surface area contributed by atoms with Crippen LogP contribution in [0.15, 0.2) is 47.6 Å². The molecule has 0 aliphatic carbocycles. The van der Waals surface area contributed by atoms with Gasteiger partial charge in [-0.3, -0.25) is 14.4 Å². The zero-order chi connectivity index (χ0) is 32.3. The Morgan fingerprint density at radius 3 is 2.52 bits per heavy atom. The topological polar surface area (TPSA) is 160 Å². The lowest BCUT2D eigenvalue weighted by Crippen LogP contribution is -2.53. The van der Waals surface area contributed by atoms with E-state index in [0.29, 0.717) is 61.4 Å². The van der Waals surface area contributed by atoms with E-state index in [1.54, 1.807) is 58.4 Å². The van der Waals surface area contributed by atoms with Crippen LogP contribution in [0.1, 0.15) is 70.1 Å². The molecule has 2 aromatic carbocycles. The van der Waals surface area contributed by atoms with E-state index in [9.17, 15) is 19.2 Å². The molecule has 12 nitrogen and oxygen atoms in total. The molecule has 1 heterocycles. The quantitative estimate of drug-likeness (QED) is 0.0968. The van der Waals surface area contributed by atoms with Gasteiger partial charge in [0.15, 0.2) is 11.5 Å². The van der Waals surface area contributed by atoms with Crippen molar-refractivity contribution in [3.05, 3.63) is 64.0 Å². The van der Waals surface area contributed by atoms with E-state index < -0.39 is 41.1 Å². The number of carbonyl (C=O) groups is 4. The van der Waals surface area contributed by atoms with Gasteiger partial charge < -0.3 is 24.4 Å². The van der Waals surface area contributed by atoms with Crippen LogP contribution in [0.25, 0.3) is 10.4 Å². The number of methoxy groups -OCH3 is 2. The molecule has 3 rings (SSSR count). The summed E-state index contributed by atoms with van der Waals surface area (Å²) in [4.78, 5) is 56.2. The van der Waals surface area contributed by atoms with Crippen molar-refractivity contribution in [1.29, 1.82) is 0 Å². The van der Waals surface area contributed by atoms with Crippen molar-refractivity contribution in [1.82, 2.24) is 4.90 Å². The van der Waals surface area contributed by atoms with Crippen molar-refractivity contribution in [3.63, 3.8) is 0 Å². The first-order valence-electron chi connectivity index (χ1n) is 14.7. The zero-order valence-corrected chi connectivity index (χ0v) is 26.0. The number of esters is 1. The molecule has 1 aliphatic heterocycles. The van der Waals surface area contributed by atoms with Crippen LogP contribution in [0.3, 0.4) is 0 Å². The lowest BCUT2D eigenvalue weighted by Gasteiger charge is -2.36. The molecule has 1 N–H and O–H groups in total. The number of piperidine rings is 1. The summed E-state index contributed by atoms with van der Waals surface area (Å²) in [5.74, 6) is -1.10. The van der Waals surface area contributed by atoms with Crippen molar-refractivity contribution in [2.45, 2.75) is 71.4 Å². The summed E-state index contributed by atoms with van der Waals surface area (Å²) in [6.07, 6.45) is 2.43. The number of anilines is 1. The fourth-order valence-electron chi connectivity index (χ4n) is 4.96. The summed E-state index contributed by atoms with van der Waals surface area (Å²) in [5, 5.41) is 5.96. The van der Waals surface area contributed by atoms with Crippen molar-refractivity contribution >= 4 is 29.3 Å². The van der Waals surface area contributed by atoms with Crippen LogP contribution < -0.4 is 14.8 Å². The first kappa shape index (κ1) is 33.9. The number of ether oxygens (including phenoxy) is 3. The maximum absolute atomic E-state index is 13.7. The Morgan fingerprint density at radius 2 is 1.84 bits per heavy atom. The SMILES string of the molecule is CCC(C)(C)C(=O)C(=O)N1CCCC[C@H]1C(=O)O[C@H](CCc1ccc(OC)c(OC)c1)c1cccc(NC(=O)CN=[N+]=[N-])c1. The molecule has 0 radical (unpaired) electrons. The van der Waals surface area contributed by atoms with Gasteiger partial charge in [-0.2, -0.15) is 0 Å². The van der Waals surface area contributed by atoms with Gasteiger partial charge in [0, 0.05) is 22.6 Å². The Balaban J connectivity index is 1.89. The van der Waals surface area contributed by atoms with Crippen molar-refractivity contribution in [2.75, 3.05) is 32.6 Å². The van der Waals surface area contributed by atoms with Crippen LogP contribution in [-0.2, 0) is 30.3 Å². The highest BCUT2D eigenvalue weighted by Crippen LogP contribution is 2.32. The fraction of sp³-hybridized carbons (Fsp3) is 0.500.